The van der Waals surface area contributed by atoms with Crippen molar-refractivity contribution >= 4 is 15.9 Å². The lowest BCUT2D eigenvalue weighted by Crippen LogP contribution is -2.31. The van der Waals surface area contributed by atoms with Gasteiger partial charge < -0.3 is 9.73 Å². The van der Waals surface area contributed by atoms with Gasteiger partial charge in [0.2, 0.25) is 0 Å². The van der Waals surface area contributed by atoms with Gasteiger partial charge in [0.15, 0.2) is 4.67 Å². The van der Waals surface area contributed by atoms with E-state index in [1.54, 1.807) is 6.26 Å². The van der Waals surface area contributed by atoms with E-state index in [0.29, 0.717) is 6.04 Å². The first-order valence-corrected chi connectivity index (χ1v) is 7.33. The molecule has 1 saturated carbocycles. The van der Waals surface area contributed by atoms with E-state index < -0.39 is 0 Å². The van der Waals surface area contributed by atoms with Crippen LogP contribution in [0.5, 0.6) is 0 Å². The average Bonchev–Trinajstić information content (AvgIpc) is 2.71. The Hall–Kier alpha value is -0.280. The Morgan fingerprint density at radius 3 is 2.65 bits per heavy atom. The molecule has 1 N–H and O–H groups in total. The lowest BCUT2D eigenvalue weighted by molar-refractivity contribution is 0.174. The van der Waals surface area contributed by atoms with Crippen molar-refractivity contribution in [1.82, 2.24) is 5.32 Å². The first-order valence-electron chi connectivity index (χ1n) is 6.53. The second kappa shape index (κ2) is 5.57. The van der Waals surface area contributed by atoms with Crippen LogP contribution in [0.25, 0.3) is 0 Å². The Kier molecular flexibility index (Phi) is 4.31. The second-order valence-electron chi connectivity index (χ2n) is 5.44. The van der Waals surface area contributed by atoms with E-state index >= 15 is 0 Å². The number of rotatable bonds is 3. The molecule has 0 saturated heterocycles. The molecule has 96 valence electrons. The molecule has 3 heteroatoms. The molecular weight excluding hydrogens is 278 g/mol. The van der Waals surface area contributed by atoms with Crippen LogP contribution in [0.4, 0.5) is 0 Å². The van der Waals surface area contributed by atoms with Crippen molar-refractivity contribution < 1.29 is 4.42 Å². The van der Waals surface area contributed by atoms with Crippen molar-refractivity contribution in [3.05, 3.63) is 22.6 Å². The van der Waals surface area contributed by atoms with E-state index in [2.05, 4.69) is 41.2 Å². The summed E-state index contributed by atoms with van der Waals surface area (Å²) < 4.78 is 6.24. The highest BCUT2D eigenvalue weighted by Crippen LogP contribution is 2.41. The maximum absolute atomic E-state index is 5.36. The van der Waals surface area contributed by atoms with Gasteiger partial charge in [0.1, 0.15) is 0 Å². The molecule has 0 amide bonds. The lowest BCUT2D eigenvalue weighted by atomic mass is 9.72. The minimum absolute atomic E-state index is 0.415. The molecular formula is C14H22BrNO. The van der Waals surface area contributed by atoms with Crippen molar-refractivity contribution in [2.45, 2.75) is 39.2 Å². The second-order valence-corrected chi connectivity index (χ2v) is 6.16. The molecule has 0 aliphatic heterocycles. The number of nitrogens with one attached hydrogen (secondary N) is 1. The van der Waals surface area contributed by atoms with Gasteiger partial charge in [-0.05, 0) is 59.6 Å². The van der Waals surface area contributed by atoms with Crippen LogP contribution < -0.4 is 5.32 Å². The topological polar surface area (TPSA) is 25.2 Å². The average molecular weight is 300 g/mol. The molecule has 0 aromatic carbocycles. The molecule has 0 radical (unpaired) electrons. The predicted molar refractivity (Wildman–Crippen MR) is 73.9 cm³/mol. The fraction of sp³-hybridized carbons (Fsp3) is 0.714. The summed E-state index contributed by atoms with van der Waals surface area (Å²) in [5, 5.41) is 3.46. The molecule has 1 aliphatic carbocycles. The highest BCUT2D eigenvalue weighted by atomic mass is 79.9. The zero-order valence-electron chi connectivity index (χ0n) is 10.9. The minimum Gasteiger partial charge on any atom is -0.457 e. The molecule has 1 heterocycles. The zero-order valence-corrected chi connectivity index (χ0v) is 12.5. The van der Waals surface area contributed by atoms with Crippen LogP contribution >= 0.6 is 15.9 Å². The van der Waals surface area contributed by atoms with Crippen LogP contribution in [-0.4, -0.2) is 7.05 Å². The molecule has 0 spiro atoms. The summed E-state index contributed by atoms with van der Waals surface area (Å²) in [4.78, 5) is 0. The monoisotopic (exact) mass is 299 g/mol. The summed E-state index contributed by atoms with van der Waals surface area (Å²) in [6, 6.07) is 2.49. The molecule has 2 nitrogen and oxygen atoms in total. The summed E-state index contributed by atoms with van der Waals surface area (Å²) in [5.41, 5.74) is 1.26. The molecule has 4 atom stereocenters. The van der Waals surface area contributed by atoms with Crippen LogP contribution in [0.3, 0.4) is 0 Å². The van der Waals surface area contributed by atoms with E-state index in [1.807, 2.05) is 7.05 Å². The van der Waals surface area contributed by atoms with E-state index in [9.17, 15) is 0 Å². The van der Waals surface area contributed by atoms with Crippen LogP contribution in [-0.2, 0) is 0 Å². The first-order chi connectivity index (χ1) is 8.13. The highest BCUT2D eigenvalue weighted by Gasteiger charge is 2.31. The third-order valence-electron chi connectivity index (χ3n) is 4.40. The molecule has 1 aromatic heterocycles. The Morgan fingerprint density at radius 1 is 1.35 bits per heavy atom. The van der Waals surface area contributed by atoms with E-state index in [1.165, 1.54) is 24.8 Å². The Morgan fingerprint density at radius 2 is 2.12 bits per heavy atom. The molecule has 4 unspecified atom stereocenters. The molecule has 17 heavy (non-hydrogen) atoms. The summed E-state index contributed by atoms with van der Waals surface area (Å²) in [5.74, 6) is 2.42. The molecule has 1 aliphatic rings. The first kappa shape index (κ1) is 13.2. The van der Waals surface area contributed by atoms with Crippen molar-refractivity contribution in [2.24, 2.45) is 17.8 Å². The van der Waals surface area contributed by atoms with Crippen LogP contribution in [0.1, 0.15) is 44.7 Å². The van der Waals surface area contributed by atoms with Gasteiger partial charge in [-0.25, -0.2) is 0 Å². The van der Waals surface area contributed by atoms with Gasteiger partial charge in [0.25, 0.3) is 0 Å². The van der Waals surface area contributed by atoms with Gasteiger partial charge in [0.05, 0.1) is 6.26 Å². The van der Waals surface area contributed by atoms with E-state index in [-0.39, 0.29) is 0 Å². The minimum atomic E-state index is 0.415. The number of furan rings is 1. The Balaban J connectivity index is 2.12. The van der Waals surface area contributed by atoms with Gasteiger partial charge in [0, 0.05) is 11.6 Å². The molecule has 0 bridgehead atoms. The quantitative estimate of drug-likeness (QED) is 0.896. The normalized spacial score (nSPS) is 31.4. The largest absolute Gasteiger partial charge is 0.457 e. The van der Waals surface area contributed by atoms with Crippen LogP contribution in [0.15, 0.2) is 21.4 Å². The van der Waals surface area contributed by atoms with Gasteiger partial charge in [-0.15, -0.1) is 0 Å². The van der Waals surface area contributed by atoms with Crippen molar-refractivity contribution in [1.29, 1.82) is 0 Å². The summed E-state index contributed by atoms with van der Waals surface area (Å²) in [6.45, 7) is 4.76. The number of hydrogen-bond acceptors (Lipinski definition) is 2. The lowest BCUT2D eigenvalue weighted by Gasteiger charge is -2.36. The van der Waals surface area contributed by atoms with Crippen molar-refractivity contribution in [2.75, 3.05) is 7.05 Å². The van der Waals surface area contributed by atoms with Gasteiger partial charge in [-0.1, -0.05) is 20.3 Å². The standard InChI is InChI=1S/C14H22BrNO/c1-9-4-5-11(8-10(9)2)13(16-3)12-6-7-17-14(12)15/h6-7,9-11,13,16H,4-5,8H2,1-3H3. The summed E-state index contributed by atoms with van der Waals surface area (Å²) in [6.07, 6.45) is 5.73. The van der Waals surface area contributed by atoms with Crippen molar-refractivity contribution in [3.8, 4) is 0 Å². The third kappa shape index (κ3) is 2.76. The maximum atomic E-state index is 5.36. The van der Waals surface area contributed by atoms with Crippen LogP contribution in [0, 0.1) is 17.8 Å². The summed E-state index contributed by atoms with van der Waals surface area (Å²) in [7, 11) is 2.05. The van der Waals surface area contributed by atoms with Crippen LogP contribution in [0.2, 0.25) is 0 Å². The zero-order chi connectivity index (χ0) is 12.4. The maximum Gasteiger partial charge on any atom is 0.173 e. The van der Waals surface area contributed by atoms with E-state index in [4.69, 9.17) is 4.42 Å². The highest BCUT2D eigenvalue weighted by molar-refractivity contribution is 9.10. The Labute approximate surface area is 112 Å². The Bertz CT molecular complexity index is 363. The predicted octanol–water partition coefficient (Wildman–Crippen LogP) is 4.37. The van der Waals surface area contributed by atoms with Gasteiger partial charge in [-0.2, -0.15) is 0 Å². The smallest absolute Gasteiger partial charge is 0.173 e. The molecule has 1 aromatic rings. The van der Waals surface area contributed by atoms with E-state index in [0.717, 1.165) is 22.4 Å². The summed E-state index contributed by atoms with van der Waals surface area (Å²) >= 11 is 3.49. The van der Waals surface area contributed by atoms with Gasteiger partial charge in [-0.3, -0.25) is 0 Å². The molecule has 1 fully saturated rings. The van der Waals surface area contributed by atoms with Crippen molar-refractivity contribution in [3.63, 3.8) is 0 Å². The fourth-order valence-electron chi connectivity index (χ4n) is 3.06. The SMILES string of the molecule is CNC(c1ccoc1Br)C1CCC(C)C(C)C1. The number of hydrogen-bond donors (Lipinski definition) is 1. The molecule has 2 rings (SSSR count). The van der Waals surface area contributed by atoms with Gasteiger partial charge >= 0.3 is 0 Å². The third-order valence-corrected chi connectivity index (χ3v) is 5.05. The fourth-order valence-corrected chi connectivity index (χ4v) is 3.55. The number of halogens is 1.